The molecule has 2 heteroatoms. The second kappa shape index (κ2) is 6.02. The molecule has 0 spiro atoms. The Bertz CT molecular complexity index is 189. The van der Waals surface area contributed by atoms with E-state index in [4.69, 9.17) is 10.5 Å². The van der Waals surface area contributed by atoms with Crippen LogP contribution in [0.1, 0.15) is 53.4 Å². The van der Waals surface area contributed by atoms with Crippen molar-refractivity contribution in [3.63, 3.8) is 0 Å². The Morgan fingerprint density at radius 3 is 2.12 bits per heavy atom. The van der Waals surface area contributed by atoms with E-state index in [0.717, 1.165) is 12.5 Å². The third-order valence-electron chi connectivity index (χ3n) is 4.14. The highest BCUT2D eigenvalue weighted by atomic mass is 16.5. The van der Waals surface area contributed by atoms with Gasteiger partial charge in [-0.05, 0) is 49.9 Å². The maximum absolute atomic E-state index is 5.79. The van der Waals surface area contributed by atoms with Crippen molar-refractivity contribution >= 4 is 0 Å². The second-order valence-electron chi connectivity index (χ2n) is 6.21. The van der Waals surface area contributed by atoms with E-state index in [1.54, 1.807) is 0 Å². The molecule has 0 radical (unpaired) electrons. The summed E-state index contributed by atoms with van der Waals surface area (Å²) in [5.41, 5.74) is 6.25. The fourth-order valence-electron chi connectivity index (χ4n) is 2.97. The highest BCUT2D eigenvalue weighted by Crippen LogP contribution is 2.40. The van der Waals surface area contributed by atoms with Crippen LogP contribution in [0.3, 0.4) is 0 Å². The van der Waals surface area contributed by atoms with E-state index in [1.165, 1.54) is 25.7 Å². The van der Waals surface area contributed by atoms with Gasteiger partial charge in [-0.1, -0.05) is 20.8 Å². The summed E-state index contributed by atoms with van der Waals surface area (Å²) in [5.74, 6) is 1.58. The van der Waals surface area contributed by atoms with Gasteiger partial charge in [0.05, 0.1) is 6.10 Å². The minimum atomic E-state index is 0.297. The highest BCUT2D eigenvalue weighted by molar-refractivity contribution is 4.83. The molecular formula is C14H29NO. The summed E-state index contributed by atoms with van der Waals surface area (Å²) in [4.78, 5) is 0. The minimum Gasteiger partial charge on any atom is -0.377 e. The molecule has 2 nitrogen and oxygen atoms in total. The molecule has 1 unspecified atom stereocenters. The van der Waals surface area contributed by atoms with Crippen LogP contribution < -0.4 is 5.73 Å². The normalized spacial score (nSPS) is 29.1. The monoisotopic (exact) mass is 227 g/mol. The summed E-state index contributed by atoms with van der Waals surface area (Å²) >= 11 is 0. The molecule has 1 saturated carbocycles. The smallest absolute Gasteiger partial charge is 0.0725 e. The Balaban J connectivity index is 2.41. The van der Waals surface area contributed by atoms with E-state index in [9.17, 15) is 0 Å². The van der Waals surface area contributed by atoms with Crippen LogP contribution in [0.4, 0.5) is 0 Å². The molecule has 16 heavy (non-hydrogen) atoms. The average Bonchev–Trinajstić information content (AvgIpc) is 2.25. The fraction of sp³-hybridized carbons (Fsp3) is 1.00. The molecule has 96 valence electrons. The summed E-state index contributed by atoms with van der Waals surface area (Å²) < 4.78 is 5.73. The van der Waals surface area contributed by atoms with Crippen molar-refractivity contribution in [2.24, 2.45) is 23.0 Å². The lowest BCUT2D eigenvalue weighted by Crippen LogP contribution is -2.36. The predicted molar refractivity (Wildman–Crippen MR) is 69.4 cm³/mol. The van der Waals surface area contributed by atoms with E-state index >= 15 is 0 Å². The summed E-state index contributed by atoms with van der Waals surface area (Å²) in [6, 6.07) is 0. The van der Waals surface area contributed by atoms with Crippen LogP contribution in [-0.2, 0) is 4.74 Å². The first kappa shape index (κ1) is 14.0. The van der Waals surface area contributed by atoms with Crippen molar-refractivity contribution in [1.29, 1.82) is 0 Å². The molecule has 0 aromatic carbocycles. The topological polar surface area (TPSA) is 35.2 Å². The molecule has 0 heterocycles. The molecule has 1 aliphatic rings. The summed E-state index contributed by atoms with van der Waals surface area (Å²) in [6.45, 7) is 10.6. The molecule has 2 N–H and O–H groups in total. The molecule has 0 amide bonds. The SMILES string of the molecule is CCOC(CN)C1CCC(C(C)(C)C)CC1. The predicted octanol–water partition coefficient (Wildman–Crippen LogP) is 3.20. The third-order valence-corrected chi connectivity index (χ3v) is 4.14. The molecule has 1 atom stereocenters. The van der Waals surface area contributed by atoms with Crippen LogP contribution in [-0.4, -0.2) is 19.3 Å². The zero-order valence-electron chi connectivity index (χ0n) is 11.5. The standard InChI is InChI=1S/C14H29NO/c1-5-16-13(10-15)11-6-8-12(9-7-11)14(2,3)4/h11-13H,5-10,15H2,1-4H3. The number of rotatable bonds is 4. The first-order valence-electron chi connectivity index (χ1n) is 6.80. The Kier molecular flexibility index (Phi) is 5.26. The molecule has 0 bridgehead atoms. The van der Waals surface area contributed by atoms with Crippen LogP contribution in [0.5, 0.6) is 0 Å². The van der Waals surface area contributed by atoms with Gasteiger partial charge >= 0.3 is 0 Å². The largest absolute Gasteiger partial charge is 0.377 e. The van der Waals surface area contributed by atoms with Gasteiger partial charge in [0.15, 0.2) is 0 Å². The zero-order valence-corrected chi connectivity index (χ0v) is 11.5. The van der Waals surface area contributed by atoms with E-state index in [0.29, 0.717) is 24.0 Å². The maximum atomic E-state index is 5.79. The van der Waals surface area contributed by atoms with Gasteiger partial charge < -0.3 is 10.5 Å². The van der Waals surface area contributed by atoms with E-state index in [1.807, 2.05) is 0 Å². The molecule has 1 fully saturated rings. The van der Waals surface area contributed by atoms with Crippen molar-refractivity contribution in [2.45, 2.75) is 59.5 Å². The van der Waals surface area contributed by atoms with Crippen molar-refractivity contribution < 1.29 is 4.74 Å². The molecule has 0 aliphatic heterocycles. The van der Waals surface area contributed by atoms with Gasteiger partial charge in [0.25, 0.3) is 0 Å². The first-order chi connectivity index (χ1) is 7.49. The lowest BCUT2D eigenvalue weighted by atomic mass is 9.69. The highest BCUT2D eigenvalue weighted by Gasteiger charge is 2.32. The Morgan fingerprint density at radius 1 is 1.19 bits per heavy atom. The molecular weight excluding hydrogens is 198 g/mol. The van der Waals surface area contributed by atoms with Crippen molar-refractivity contribution in [1.82, 2.24) is 0 Å². The van der Waals surface area contributed by atoms with Gasteiger partial charge in [-0.25, -0.2) is 0 Å². The lowest BCUT2D eigenvalue weighted by Gasteiger charge is -2.39. The van der Waals surface area contributed by atoms with Crippen molar-refractivity contribution in [2.75, 3.05) is 13.2 Å². The summed E-state index contributed by atoms with van der Waals surface area (Å²) in [6.07, 6.45) is 5.58. The fourth-order valence-corrected chi connectivity index (χ4v) is 2.97. The molecule has 1 rings (SSSR count). The Labute approximate surface area is 101 Å². The van der Waals surface area contributed by atoms with Crippen LogP contribution in [0.2, 0.25) is 0 Å². The second-order valence-corrected chi connectivity index (χ2v) is 6.21. The first-order valence-corrected chi connectivity index (χ1v) is 6.80. The maximum Gasteiger partial charge on any atom is 0.0725 e. The quantitative estimate of drug-likeness (QED) is 0.800. The number of hydrogen-bond acceptors (Lipinski definition) is 2. The number of nitrogens with two attached hydrogens (primary N) is 1. The van der Waals surface area contributed by atoms with Gasteiger partial charge in [0.2, 0.25) is 0 Å². The van der Waals surface area contributed by atoms with Gasteiger partial charge in [0.1, 0.15) is 0 Å². The Morgan fingerprint density at radius 2 is 1.75 bits per heavy atom. The van der Waals surface area contributed by atoms with Crippen LogP contribution in [0, 0.1) is 17.3 Å². The number of hydrogen-bond donors (Lipinski definition) is 1. The van der Waals surface area contributed by atoms with Crippen molar-refractivity contribution in [3.05, 3.63) is 0 Å². The number of ether oxygens (including phenoxy) is 1. The van der Waals surface area contributed by atoms with Crippen LogP contribution in [0.25, 0.3) is 0 Å². The molecule has 0 aromatic rings. The lowest BCUT2D eigenvalue weighted by molar-refractivity contribution is 0.0000330. The van der Waals surface area contributed by atoms with Crippen molar-refractivity contribution in [3.8, 4) is 0 Å². The molecule has 0 aromatic heterocycles. The van der Waals surface area contributed by atoms with Crippen LogP contribution in [0.15, 0.2) is 0 Å². The molecule has 0 saturated heterocycles. The molecule has 1 aliphatic carbocycles. The van der Waals surface area contributed by atoms with Gasteiger partial charge in [-0.15, -0.1) is 0 Å². The van der Waals surface area contributed by atoms with E-state index < -0.39 is 0 Å². The summed E-state index contributed by atoms with van der Waals surface area (Å²) in [5, 5.41) is 0. The average molecular weight is 227 g/mol. The van der Waals surface area contributed by atoms with E-state index in [2.05, 4.69) is 27.7 Å². The van der Waals surface area contributed by atoms with E-state index in [-0.39, 0.29) is 0 Å². The minimum absolute atomic E-state index is 0.297. The van der Waals surface area contributed by atoms with Gasteiger partial charge in [-0.2, -0.15) is 0 Å². The third kappa shape index (κ3) is 3.74. The zero-order chi connectivity index (χ0) is 12.2. The summed E-state index contributed by atoms with van der Waals surface area (Å²) in [7, 11) is 0. The Hall–Kier alpha value is -0.0800. The van der Waals surface area contributed by atoms with Crippen LogP contribution >= 0.6 is 0 Å². The van der Waals surface area contributed by atoms with Gasteiger partial charge in [0, 0.05) is 13.2 Å². The van der Waals surface area contributed by atoms with Gasteiger partial charge in [-0.3, -0.25) is 0 Å².